The van der Waals surface area contributed by atoms with E-state index in [-0.39, 0.29) is 11.4 Å². The van der Waals surface area contributed by atoms with Gasteiger partial charge in [-0.1, -0.05) is 0 Å². The van der Waals surface area contributed by atoms with Crippen molar-refractivity contribution in [3.8, 4) is 5.69 Å². The van der Waals surface area contributed by atoms with Crippen molar-refractivity contribution in [3.63, 3.8) is 0 Å². The van der Waals surface area contributed by atoms with Crippen molar-refractivity contribution < 1.29 is 27.5 Å². The van der Waals surface area contributed by atoms with Gasteiger partial charge >= 0.3 is 12.1 Å². The molecule has 0 spiro atoms. The first kappa shape index (κ1) is 14.0. The largest absolute Gasteiger partial charge is 0.478 e. The SMILES string of the molecule is Cc1cc(C(F)(F)F)nn1-c1ccc(C(=O)O)c(F)c1. The number of aryl methyl sites for hydroxylation is 1. The molecule has 20 heavy (non-hydrogen) atoms. The van der Waals surface area contributed by atoms with Crippen molar-refractivity contribution in [3.05, 3.63) is 47.0 Å². The molecule has 4 nitrogen and oxygen atoms in total. The fraction of sp³-hybridized carbons (Fsp3) is 0.167. The second-order valence-corrected chi connectivity index (χ2v) is 4.05. The molecule has 1 aromatic heterocycles. The summed E-state index contributed by atoms with van der Waals surface area (Å²) in [6.07, 6.45) is -4.60. The lowest BCUT2D eigenvalue weighted by molar-refractivity contribution is -0.141. The van der Waals surface area contributed by atoms with Crippen LogP contribution in [0, 0.1) is 12.7 Å². The first-order chi connectivity index (χ1) is 9.20. The molecule has 0 saturated carbocycles. The molecule has 0 aliphatic carbocycles. The van der Waals surface area contributed by atoms with Gasteiger partial charge in [-0.2, -0.15) is 18.3 Å². The minimum Gasteiger partial charge on any atom is -0.478 e. The molecule has 1 heterocycles. The van der Waals surface area contributed by atoms with Crippen LogP contribution in [0.15, 0.2) is 24.3 Å². The molecular weight excluding hydrogens is 280 g/mol. The monoisotopic (exact) mass is 288 g/mol. The van der Waals surface area contributed by atoms with Gasteiger partial charge < -0.3 is 5.11 Å². The predicted molar refractivity (Wildman–Crippen MR) is 60.2 cm³/mol. The van der Waals surface area contributed by atoms with Crippen LogP contribution in [0.5, 0.6) is 0 Å². The fourth-order valence-corrected chi connectivity index (χ4v) is 1.68. The number of hydrogen-bond donors (Lipinski definition) is 1. The number of aromatic carboxylic acids is 1. The molecule has 0 bridgehead atoms. The van der Waals surface area contributed by atoms with Crippen LogP contribution in [-0.2, 0) is 6.18 Å². The van der Waals surface area contributed by atoms with Gasteiger partial charge in [0.05, 0.1) is 11.3 Å². The summed E-state index contributed by atoms with van der Waals surface area (Å²) in [5, 5.41) is 12.0. The molecule has 1 aromatic carbocycles. The van der Waals surface area contributed by atoms with Crippen LogP contribution in [0.3, 0.4) is 0 Å². The highest BCUT2D eigenvalue weighted by molar-refractivity contribution is 5.88. The first-order valence-electron chi connectivity index (χ1n) is 5.37. The Balaban J connectivity index is 2.50. The Labute approximate surface area is 110 Å². The maximum Gasteiger partial charge on any atom is 0.435 e. The lowest BCUT2D eigenvalue weighted by atomic mass is 10.2. The number of carboxylic acids is 1. The summed E-state index contributed by atoms with van der Waals surface area (Å²) in [7, 11) is 0. The van der Waals surface area contributed by atoms with E-state index in [0.29, 0.717) is 0 Å². The second kappa shape index (κ2) is 4.62. The molecule has 0 amide bonds. The van der Waals surface area contributed by atoms with Crippen LogP contribution in [0.1, 0.15) is 21.7 Å². The standard InChI is InChI=1S/C12H8F4N2O2/c1-6-4-10(12(14,15)16)17-18(6)7-2-3-8(11(19)20)9(13)5-7/h2-5H,1H3,(H,19,20). The molecular formula is C12H8F4N2O2. The third-order valence-electron chi connectivity index (χ3n) is 2.61. The Morgan fingerprint density at radius 1 is 1.30 bits per heavy atom. The number of aromatic nitrogens is 2. The Morgan fingerprint density at radius 3 is 2.40 bits per heavy atom. The minimum absolute atomic E-state index is 0.0144. The average Bonchev–Trinajstić information content (AvgIpc) is 2.70. The number of rotatable bonds is 2. The van der Waals surface area contributed by atoms with Crippen molar-refractivity contribution in [2.24, 2.45) is 0 Å². The molecule has 0 atom stereocenters. The number of benzene rings is 1. The van der Waals surface area contributed by atoms with E-state index in [1.54, 1.807) is 0 Å². The van der Waals surface area contributed by atoms with Gasteiger partial charge in [-0.25, -0.2) is 13.9 Å². The highest BCUT2D eigenvalue weighted by Gasteiger charge is 2.34. The number of nitrogens with zero attached hydrogens (tertiary/aromatic N) is 2. The van der Waals surface area contributed by atoms with Crippen molar-refractivity contribution in [2.75, 3.05) is 0 Å². The molecule has 2 aromatic rings. The number of carboxylic acid groups (broad SMARTS) is 1. The van der Waals surface area contributed by atoms with Crippen LogP contribution in [0.4, 0.5) is 17.6 Å². The molecule has 0 unspecified atom stereocenters. The van der Waals surface area contributed by atoms with E-state index >= 15 is 0 Å². The van der Waals surface area contributed by atoms with Gasteiger partial charge in [0.25, 0.3) is 0 Å². The predicted octanol–water partition coefficient (Wildman–Crippen LogP) is 3.04. The summed E-state index contributed by atoms with van der Waals surface area (Å²) in [5.74, 6) is -2.50. The van der Waals surface area contributed by atoms with Crippen LogP contribution in [0.25, 0.3) is 5.69 Å². The van der Waals surface area contributed by atoms with Crippen LogP contribution in [-0.4, -0.2) is 20.9 Å². The molecule has 0 fully saturated rings. The number of alkyl halides is 3. The van der Waals surface area contributed by atoms with Gasteiger partial charge in [-0.05, 0) is 25.1 Å². The van der Waals surface area contributed by atoms with Gasteiger partial charge in [-0.15, -0.1) is 0 Å². The summed E-state index contributed by atoms with van der Waals surface area (Å²) in [4.78, 5) is 10.7. The minimum atomic E-state index is -4.60. The summed E-state index contributed by atoms with van der Waals surface area (Å²) in [6.45, 7) is 1.38. The molecule has 0 saturated heterocycles. The summed E-state index contributed by atoms with van der Waals surface area (Å²) in [6, 6.07) is 3.81. The number of hydrogen-bond acceptors (Lipinski definition) is 2. The summed E-state index contributed by atoms with van der Waals surface area (Å²) in [5.41, 5.74) is -1.49. The second-order valence-electron chi connectivity index (χ2n) is 4.05. The van der Waals surface area contributed by atoms with Crippen molar-refractivity contribution >= 4 is 5.97 Å². The Morgan fingerprint density at radius 2 is 1.95 bits per heavy atom. The number of halogens is 4. The third-order valence-corrected chi connectivity index (χ3v) is 2.61. The molecule has 106 valence electrons. The lowest BCUT2D eigenvalue weighted by Gasteiger charge is -2.06. The molecule has 0 radical (unpaired) electrons. The van der Waals surface area contributed by atoms with Crippen LogP contribution >= 0.6 is 0 Å². The Bertz CT molecular complexity index is 677. The molecule has 0 aliphatic heterocycles. The van der Waals surface area contributed by atoms with E-state index < -0.39 is 29.2 Å². The molecule has 1 N–H and O–H groups in total. The Hall–Kier alpha value is -2.38. The topological polar surface area (TPSA) is 55.1 Å². The van der Waals surface area contributed by atoms with Gasteiger partial charge in [0.1, 0.15) is 5.82 Å². The molecule has 2 rings (SSSR count). The zero-order valence-corrected chi connectivity index (χ0v) is 10.1. The van der Waals surface area contributed by atoms with Crippen LogP contribution < -0.4 is 0 Å². The zero-order valence-electron chi connectivity index (χ0n) is 10.1. The van der Waals surface area contributed by atoms with E-state index in [1.165, 1.54) is 13.0 Å². The smallest absolute Gasteiger partial charge is 0.435 e. The van der Waals surface area contributed by atoms with Crippen molar-refractivity contribution in [1.82, 2.24) is 9.78 Å². The maximum absolute atomic E-state index is 13.5. The fourth-order valence-electron chi connectivity index (χ4n) is 1.68. The summed E-state index contributed by atoms with van der Waals surface area (Å²) < 4.78 is 52.0. The quantitative estimate of drug-likeness (QED) is 0.864. The summed E-state index contributed by atoms with van der Waals surface area (Å²) >= 11 is 0. The van der Waals surface area contributed by atoms with E-state index in [2.05, 4.69) is 5.10 Å². The van der Waals surface area contributed by atoms with E-state index in [9.17, 15) is 22.4 Å². The van der Waals surface area contributed by atoms with Crippen LogP contribution in [0.2, 0.25) is 0 Å². The van der Waals surface area contributed by atoms with Gasteiger partial charge in [-0.3, -0.25) is 0 Å². The first-order valence-corrected chi connectivity index (χ1v) is 5.37. The maximum atomic E-state index is 13.5. The average molecular weight is 288 g/mol. The zero-order chi connectivity index (χ0) is 15.1. The van der Waals surface area contributed by atoms with Gasteiger partial charge in [0.2, 0.25) is 0 Å². The normalized spacial score (nSPS) is 11.7. The lowest BCUT2D eigenvalue weighted by Crippen LogP contribution is -2.08. The Kier molecular flexibility index (Phi) is 3.24. The highest BCUT2D eigenvalue weighted by atomic mass is 19.4. The number of carbonyl (C=O) groups is 1. The van der Waals surface area contributed by atoms with E-state index in [0.717, 1.165) is 22.9 Å². The highest BCUT2D eigenvalue weighted by Crippen LogP contribution is 2.29. The van der Waals surface area contributed by atoms with E-state index in [1.807, 2.05) is 0 Å². The third kappa shape index (κ3) is 2.49. The van der Waals surface area contributed by atoms with Gasteiger partial charge in [0.15, 0.2) is 5.69 Å². The molecule has 0 aliphatic rings. The van der Waals surface area contributed by atoms with E-state index in [4.69, 9.17) is 5.11 Å². The van der Waals surface area contributed by atoms with Crippen molar-refractivity contribution in [1.29, 1.82) is 0 Å². The van der Waals surface area contributed by atoms with Crippen molar-refractivity contribution in [2.45, 2.75) is 13.1 Å². The molecule has 8 heteroatoms. The van der Waals surface area contributed by atoms with Gasteiger partial charge in [0, 0.05) is 11.8 Å².